The Hall–Kier alpha value is -0.320. The fourth-order valence-electron chi connectivity index (χ4n) is 1.30. The molecule has 0 spiro atoms. The minimum absolute atomic E-state index is 0.0973. The number of nitrogens with zero attached hydrogens (tertiary/aromatic N) is 1. The summed E-state index contributed by atoms with van der Waals surface area (Å²) in [5.41, 5.74) is 0. The van der Waals surface area contributed by atoms with Gasteiger partial charge in [0.1, 0.15) is 5.38 Å². The fraction of sp³-hybridized carbons (Fsp3) is 0.889. The van der Waals surface area contributed by atoms with Crippen molar-refractivity contribution in [1.29, 1.82) is 0 Å². The van der Waals surface area contributed by atoms with Crippen molar-refractivity contribution in [1.82, 2.24) is 10.2 Å². The van der Waals surface area contributed by atoms with Gasteiger partial charge in [0.05, 0.1) is 13.2 Å². The summed E-state index contributed by atoms with van der Waals surface area (Å²) in [6.07, 6.45) is 0. The number of alkyl halides is 1. The van der Waals surface area contributed by atoms with Crippen molar-refractivity contribution >= 4 is 17.5 Å². The van der Waals surface area contributed by atoms with Crippen LogP contribution in [0.3, 0.4) is 0 Å². The number of hydrogen-bond acceptors (Lipinski definition) is 3. The van der Waals surface area contributed by atoms with Crippen LogP contribution in [0.5, 0.6) is 0 Å². The van der Waals surface area contributed by atoms with E-state index in [1.165, 1.54) is 0 Å². The van der Waals surface area contributed by atoms with Crippen LogP contribution in [0.25, 0.3) is 0 Å². The summed E-state index contributed by atoms with van der Waals surface area (Å²) in [6.45, 7) is 6.69. The van der Waals surface area contributed by atoms with E-state index in [0.717, 1.165) is 32.8 Å². The summed E-state index contributed by atoms with van der Waals surface area (Å²) in [7, 11) is 0. The molecule has 0 saturated carbocycles. The molecule has 1 N–H and O–H groups in total. The monoisotopic (exact) mass is 220 g/mol. The van der Waals surface area contributed by atoms with E-state index in [0.29, 0.717) is 6.54 Å². The van der Waals surface area contributed by atoms with Crippen molar-refractivity contribution in [2.75, 3.05) is 39.4 Å². The molecular weight excluding hydrogens is 204 g/mol. The number of carbonyl (C=O) groups is 1. The van der Waals surface area contributed by atoms with Crippen LogP contribution in [0.1, 0.15) is 6.92 Å². The second kappa shape index (κ2) is 6.22. The van der Waals surface area contributed by atoms with Gasteiger partial charge in [-0.2, -0.15) is 0 Å². The van der Waals surface area contributed by atoms with Crippen LogP contribution < -0.4 is 5.32 Å². The Labute approximate surface area is 89.5 Å². The van der Waals surface area contributed by atoms with Crippen LogP contribution in [-0.4, -0.2) is 55.6 Å². The Balaban J connectivity index is 2.05. The third-order valence-electron chi connectivity index (χ3n) is 2.19. The van der Waals surface area contributed by atoms with E-state index in [2.05, 4.69) is 10.2 Å². The largest absolute Gasteiger partial charge is 0.379 e. The standard InChI is InChI=1S/C9H17ClN2O2/c1-8(10)9(13)11-2-3-12-4-6-14-7-5-12/h8H,2-7H2,1H3,(H,11,13)/t8-/m0/s1. The highest BCUT2D eigenvalue weighted by molar-refractivity contribution is 6.30. The van der Waals surface area contributed by atoms with Gasteiger partial charge in [-0.05, 0) is 6.92 Å². The lowest BCUT2D eigenvalue weighted by molar-refractivity contribution is -0.120. The molecule has 1 rings (SSSR count). The lowest BCUT2D eigenvalue weighted by Gasteiger charge is -2.26. The van der Waals surface area contributed by atoms with Crippen molar-refractivity contribution in [3.8, 4) is 0 Å². The first kappa shape index (κ1) is 11.8. The number of amides is 1. The van der Waals surface area contributed by atoms with E-state index in [1.54, 1.807) is 6.92 Å². The molecule has 0 unspecified atom stereocenters. The first-order chi connectivity index (χ1) is 6.70. The number of halogens is 1. The Morgan fingerprint density at radius 1 is 1.57 bits per heavy atom. The van der Waals surface area contributed by atoms with Crippen LogP contribution in [-0.2, 0) is 9.53 Å². The highest BCUT2D eigenvalue weighted by Gasteiger charge is 2.11. The molecule has 82 valence electrons. The van der Waals surface area contributed by atoms with E-state index in [9.17, 15) is 4.79 Å². The molecule has 1 heterocycles. The van der Waals surface area contributed by atoms with E-state index < -0.39 is 5.38 Å². The predicted octanol–water partition coefficient (Wildman–Crippen LogP) is 0.0621. The van der Waals surface area contributed by atoms with Gasteiger partial charge in [0.15, 0.2) is 0 Å². The summed E-state index contributed by atoms with van der Waals surface area (Å²) in [5.74, 6) is -0.0973. The minimum Gasteiger partial charge on any atom is -0.379 e. The van der Waals surface area contributed by atoms with Gasteiger partial charge in [-0.3, -0.25) is 9.69 Å². The summed E-state index contributed by atoms with van der Waals surface area (Å²) >= 11 is 5.60. The van der Waals surface area contributed by atoms with Gasteiger partial charge in [-0.25, -0.2) is 0 Å². The highest BCUT2D eigenvalue weighted by Crippen LogP contribution is 1.95. The van der Waals surface area contributed by atoms with Gasteiger partial charge in [-0.1, -0.05) is 0 Å². The number of rotatable bonds is 4. The number of ether oxygens (including phenoxy) is 1. The predicted molar refractivity (Wildman–Crippen MR) is 55.6 cm³/mol. The van der Waals surface area contributed by atoms with Gasteiger partial charge < -0.3 is 10.1 Å². The van der Waals surface area contributed by atoms with Crippen molar-refractivity contribution in [2.45, 2.75) is 12.3 Å². The second-order valence-corrected chi connectivity index (χ2v) is 4.02. The SMILES string of the molecule is C[C@H](Cl)C(=O)NCCN1CCOCC1. The first-order valence-electron chi connectivity index (χ1n) is 4.92. The zero-order valence-electron chi connectivity index (χ0n) is 8.46. The lowest BCUT2D eigenvalue weighted by Crippen LogP contribution is -2.42. The highest BCUT2D eigenvalue weighted by atomic mass is 35.5. The number of carbonyl (C=O) groups excluding carboxylic acids is 1. The number of hydrogen-bond donors (Lipinski definition) is 1. The molecule has 0 bridgehead atoms. The maximum absolute atomic E-state index is 11.1. The van der Waals surface area contributed by atoms with E-state index >= 15 is 0 Å². The average molecular weight is 221 g/mol. The Morgan fingerprint density at radius 2 is 2.21 bits per heavy atom. The molecular formula is C9H17ClN2O2. The molecule has 5 heteroatoms. The zero-order chi connectivity index (χ0) is 10.4. The van der Waals surface area contributed by atoms with Gasteiger partial charge in [-0.15, -0.1) is 11.6 Å². The molecule has 1 fully saturated rings. The van der Waals surface area contributed by atoms with Crippen molar-refractivity contribution in [3.05, 3.63) is 0 Å². The molecule has 1 amide bonds. The third-order valence-corrected chi connectivity index (χ3v) is 2.39. The van der Waals surface area contributed by atoms with Crippen molar-refractivity contribution < 1.29 is 9.53 Å². The third kappa shape index (κ3) is 4.26. The van der Waals surface area contributed by atoms with Gasteiger partial charge in [0, 0.05) is 26.2 Å². The minimum atomic E-state index is -0.445. The summed E-state index contributed by atoms with van der Waals surface area (Å²) in [4.78, 5) is 13.4. The second-order valence-electron chi connectivity index (χ2n) is 3.36. The van der Waals surface area contributed by atoms with Gasteiger partial charge >= 0.3 is 0 Å². The normalized spacial score (nSPS) is 20.4. The van der Waals surface area contributed by atoms with Crippen LogP contribution in [0.15, 0.2) is 0 Å². The summed E-state index contributed by atoms with van der Waals surface area (Å²) in [5, 5.41) is 2.33. The Morgan fingerprint density at radius 3 is 2.79 bits per heavy atom. The molecule has 4 nitrogen and oxygen atoms in total. The molecule has 1 atom stereocenters. The molecule has 0 aliphatic carbocycles. The molecule has 14 heavy (non-hydrogen) atoms. The van der Waals surface area contributed by atoms with Gasteiger partial charge in [0.25, 0.3) is 0 Å². The smallest absolute Gasteiger partial charge is 0.237 e. The van der Waals surface area contributed by atoms with Crippen LogP contribution in [0.4, 0.5) is 0 Å². The molecule has 0 aromatic carbocycles. The molecule has 1 saturated heterocycles. The molecule has 0 radical (unpaired) electrons. The molecule has 1 aliphatic rings. The Bertz CT molecular complexity index is 182. The van der Waals surface area contributed by atoms with Crippen LogP contribution in [0, 0.1) is 0 Å². The topological polar surface area (TPSA) is 41.6 Å². The number of nitrogens with one attached hydrogen (secondary N) is 1. The first-order valence-corrected chi connectivity index (χ1v) is 5.35. The molecule has 1 aliphatic heterocycles. The Kier molecular flexibility index (Phi) is 5.22. The zero-order valence-corrected chi connectivity index (χ0v) is 9.22. The molecule has 0 aromatic heterocycles. The van der Waals surface area contributed by atoms with Gasteiger partial charge in [0.2, 0.25) is 5.91 Å². The molecule has 0 aromatic rings. The van der Waals surface area contributed by atoms with Crippen molar-refractivity contribution in [2.24, 2.45) is 0 Å². The van der Waals surface area contributed by atoms with Crippen LogP contribution >= 0.6 is 11.6 Å². The summed E-state index contributed by atoms with van der Waals surface area (Å²) in [6, 6.07) is 0. The van der Waals surface area contributed by atoms with Crippen molar-refractivity contribution in [3.63, 3.8) is 0 Å². The van der Waals surface area contributed by atoms with Crippen LogP contribution in [0.2, 0.25) is 0 Å². The quantitative estimate of drug-likeness (QED) is 0.682. The van der Waals surface area contributed by atoms with E-state index in [1.807, 2.05) is 0 Å². The average Bonchev–Trinajstić information content (AvgIpc) is 2.19. The maximum Gasteiger partial charge on any atom is 0.237 e. The lowest BCUT2D eigenvalue weighted by atomic mass is 10.4. The van der Waals surface area contributed by atoms with E-state index in [4.69, 9.17) is 16.3 Å². The number of morpholine rings is 1. The maximum atomic E-state index is 11.1. The summed E-state index contributed by atoms with van der Waals surface area (Å²) < 4.78 is 5.22. The fourth-order valence-corrected chi connectivity index (χ4v) is 1.38. The van der Waals surface area contributed by atoms with E-state index in [-0.39, 0.29) is 5.91 Å².